The van der Waals surface area contributed by atoms with E-state index in [1.165, 1.54) is 0 Å². The summed E-state index contributed by atoms with van der Waals surface area (Å²) < 4.78 is 6.17. The molecule has 1 aliphatic rings. The molecule has 0 atom stereocenters. The number of rotatable bonds is 1. The molecular weight excluding hydrogens is 336 g/mol. The molecule has 116 valence electrons. The lowest BCUT2D eigenvalue weighted by Gasteiger charge is -2.36. The maximum absolute atomic E-state index is 12.0. The number of aromatic nitrogens is 2. The zero-order valence-corrected chi connectivity index (χ0v) is 14.5. The highest BCUT2D eigenvalue weighted by Gasteiger charge is 2.26. The molecule has 0 unspecified atom stereocenters. The molecule has 1 fully saturated rings. The fraction of sp³-hybridized carbons (Fsp3) is 0.643. The zero-order valence-electron chi connectivity index (χ0n) is 12.9. The quantitative estimate of drug-likeness (QED) is 0.723. The van der Waals surface area contributed by atoms with Crippen LogP contribution < -0.4 is 4.90 Å². The van der Waals surface area contributed by atoms with Crippen molar-refractivity contribution in [3.63, 3.8) is 0 Å². The molecule has 0 radical (unpaired) electrons. The Bertz CT molecular complexity index is 502. The molecule has 1 aromatic rings. The minimum Gasteiger partial charge on any atom is -0.444 e. The van der Waals surface area contributed by atoms with E-state index in [0.717, 1.165) is 29.3 Å². The van der Waals surface area contributed by atoms with E-state index in [2.05, 4.69) is 30.8 Å². The summed E-state index contributed by atoms with van der Waals surface area (Å²) in [5.41, 5.74) is -0.456. The van der Waals surface area contributed by atoms with Gasteiger partial charge in [-0.15, -0.1) is 0 Å². The fourth-order valence-corrected chi connectivity index (χ4v) is 2.58. The summed E-state index contributed by atoms with van der Waals surface area (Å²) in [6, 6.07) is 1.90. The van der Waals surface area contributed by atoms with E-state index in [4.69, 9.17) is 4.74 Å². The third-order valence-electron chi connectivity index (χ3n) is 3.05. The molecule has 2 rings (SSSR count). The lowest BCUT2D eigenvalue weighted by atomic mass is 10.2. The first-order chi connectivity index (χ1) is 9.74. The van der Waals surface area contributed by atoms with E-state index in [1.807, 2.05) is 33.8 Å². The molecule has 1 aromatic heterocycles. The van der Waals surface area contributed by atoms with Crippen LogP contribution in [0.25, 0.3) is 0 Å². The summed E-state index contributed by atoms with van der Waals surface area (Å²) in [5, 5.41) is 0. The molecule has 2 heterocycles. The van der Waals surface area contributed by atoms with Gasteiger partial charge in [-0.2, -0.15) is 0 Å². The summed E-state index contributed by atoms with van der Waals surface area (Å²) in [5.74, 6) is 1.62. The number of carbonyl (C=O) groups is 1. The lowest BCUT2D eigenvalue weighted by Crippen LogP contribution is -2.50. The zero-order chi connectivity index (χ0) is 15.6. The number of ether oxygens (including phenoxy) is 1. The molecule has 7 heteroatoms. The van der Waals surface area contributed by atoms with Gasteiger partial charge < -0.3 is 14.5 Å². The van der Waals surface area contributed by atoms with Gasteiger partial charge in [0.25, 0.3) is 0 Å². The van der Waals surface area contributed by atoms with Gasteiger partial charge in [-0.1, -0.05) is 0 Å². The molecule has 0 saturated carbocycles. The molecule has 0 aromatic carbocycles. The van der Waals surface area contributed by atoms with Crippen molar-refractivity contribution in [1.29, 1.82) is 0 Å². The molecule has 1 aliphatic heterocycles. The van der Waals surface area contributed by atoms with E-state index < -0.39 is 5.60 Å². The standard InChI is InChI=1S/C14H21BrN4O2/c1-10-16-11(15)9-12(17-10)18-5-7-19(8-6-18)13(20)21-14(2,3)4/h9H,5-8H2,1-4H3. The number of anilines is 1. The second-order valence-electron chi connectivity index (χ2n) is 6.05. The van der Waals surface area contributed by atoms with Crippen molar-refractivity contribution in [2.75, 3.05) is 31.1 Å². The molecule has 1 saturated heterocycles. The third kappa shape index (κ3) is 4.56. The maximum atomic E-state index is 12.0. The highest BCUT2D eigenvalue weighted by Crippen LogP contribution is 2.19. The fourth-order valence-electron chi connectivity index (χ4n) is 2.12. The predicted octanol–water partition coefficient (Wildman–Crippen LogP) is 2.60. The van der Waals surface area contributed by atoms with Crippen LogP contribution in [0.15, 0.2) is 10.7 Å². The summed E-state index contributed by atoms with van der Waals surface area (Å²) in [6.45, 7) is 10.2. The average molecular weight is 357 g/mol. The number of hydrogen-bond donors (Lipinski definition) is 0. The van der Waals surface area contributed by atoms with Crippen molar-refractivity contribution >= 4 is 27.8 Å². The molecule has 0 bridgehead atoms. The largest absolute Gasteiger partial charge is 0.444 e. The summed E-state index contributed by atoms with van der Waals surface area (Å²) in [6.07, 6.45) is -0.248. The summed E-state index contributed by atoms with van der Waals surface area (Å²) in [7, 11) is 0. The Morgan fingerprint density at radius 2 is 1.86 bits per heavy atom. The first-order valence-corrected chi connectivity index (χ1v) is 7.78. The van der Waals surface area contributed by atoms with E-state index in [-0.39, 0.29) is 6.09 Å². The number of aryl methyl sites for hydroxylation is 1. The molecule has 21 heavy (non-hydrogen) atoms. The number of amides is 1. The van der Waals surface area contributed by atoms with Gasteiger partial charge in [-0.3, -0.25) is 0 Å². The van der Waals surface area contributed by atoms with Gasteiger partial charge in [0.15, 0.2) is 0 Å². The van der Waals surface area contributed by atoms with Crippen molar-refractivity contribution in [3.8, 4) is 0 Å². The van der Waals surface area contributed by atoms with Crippen LogP contribution in [0.3, 0.4) is 0 Å². The van der Waals surface area contributed by atoms with Gasteiger partial charge in [-0.05, 0) is 43.6 Å². The van der Waals surface area contributed by atoms with Crippen LogP contribution in [0.4, 0.5) is 10.6 Å². The average Bonchev–Trinajstić information content (AvgIpc) is 2.35. The number of halogens is 1. The summed E-state index contributed by atoms with van der Waals surface area (Å²) in [4.78, 5) is 24.6. The number of nitrogens with zero attached hydrogens (tertiary/aromatic N) is 4. The van der Waals surface area contributed by atoms with Gasteiger partial charge in [-0.25, -0.2) is 14.8 Å². The van der Waals surface area contributed by atoms with Gasteiger partial charge in [0.1, 0.15) is 21.8 Å². The van der Waals surface area contributed by atoms with Crippen LogP contribution >= 0.6 is 15.9 Å². The topological polar surface area (TPSA) is 58.6 Å². The van der Waals surface area contributed by atoms with Crippen molar-refractivity contribution in [1.82, 2.24) is 14.9 Å². The van der Waals surface area contributed by atoms with Gasteiger partial charge in [0, 0.05) is 32.2 Å². The molecule has 0 aliphatic carbocycles. The van der Waals surface area contributed by atoms with Crippen LogP contribution in [-0.2, 0) is 4.74 Å². The first-order valence-electron chi connectivity index (χ1n) is 6.99. The molecule has 1 amide bonds. The number of carbonyl (C=O) groups excluding carboxylic acids is 1. The Hall–Kier alpha value is -1.37. The van der Waals surface area contributed by atoms with Crippen molar-refractivity contribution in [3.05, 3.63) is 16.5 Å². The monoisotopic (exact) mass is 356 g/mol. The Labute approximate surface area is 133 Å². The van der Waals surface area contributed by atoms with E-state index in [1.54, 1.807) is 4.90 Å². The van der Waals surface area contributed by atoms with Crippen LogP contribution in [0, 0.1) is 6.92 Å². The second kappa shape index (κ2) is 6.17. The molecular formula is C14H21BrN4O2. The van der Waals surface area contributed by atoms with Crippen molar-refractivity contribution in [2.45, 2.75) is 33.3 Å². The highest BCUT2D eigenvalue weighted by molar-refractivity contribution is 9.10. The van der Waals surface area contributed by atoms with Crippen LogP contribution in [0.2, 0.25) is 0 Å². The predicted molar refractivity (Wildman–Crippen MR) is 84.5 cm³/mol. The van der Waals surface area contributed by atoms with Gasteiger partial charge >= 0.3 is 6.09 Å². The maximum Gasteiger partial charge on any atom is 0.410 e. The Morgan fingerprint density at radius 1 is 1.24 bits per heavy atom. The van der Waals surface area contributed by atoms with Crippen LogP contribution in [0.5, 0.6) is 0 Å². The summed E-state index contributed by atoms with van der Waals surface area (Å²) >= 11 is 3.39. The molecule has 6 nitrogen and oxygen atoms in total. The molecule has 0 N–H and O–H groups in total. The van der Waals surface area contributed by atoms with E-state index >= 15 is 0 Å². The number of piperazine rings is 1. The minimum atomic E-state index is -0.456. The Balaban J connectivity index is 1.95. The van der Waals surface area contributed by atoms with Gasteiger partial charge in [0.2, 0.25) is 0 Å². The SMILES string of the molecule is Cc1nc(Br)cc(N2CCN(C(=O)OC(C)(C)C)CC2)n1. The normalized spacial score (nSPS) is 16.0. The third-order valence-corrected chi connectivity index (χ3v) is 3.45. The van der Waals surface area contributed by atoms with Crippen molar-refractivity contribution in [2.24, 2.45) is 0 Å². The second-order valence-corrected chi connectivity index (χ2v) is 6.86. The first kappa shape index (κ1) is 16.0. The lowest BCUT2D eigenvalue weighted by molar-refractivity contribution is 0.0240. The van der Waals surface area contributed by atoms with E-state index in [0.29, 0.717) is 13.1 Å². The minimum absolute atomic E-state index is 0.248. The van der Waals surface area contributed by atoms with E-state index in [9.17, 15) is 4.79 Å². The molecule has 0 spiro atoms. The highest BCUT2D eigenvalue weighted by atomic mass is 79.9. The Kier molecular flexibility index (Phi) is 4.70. The van der Waals surface area contributed by atoms with Gasteiger partial charge in [0.05, 0.1) is 0 Å². The van der Waals surface area contributed by atoms with Crippen LogP contribution in [-0.4, -0.2) is 52.7 Å². The number of hydrogen-bond acceptors (Lipinski definition) is 5. The van der Waals surface area contributed by atoms with Crippen molar-refractivity contribution < 1.29 is 9.53 Å². The Morgan fingerprint density at radius 3 is 2.38 bits per heavy atom. The smallest absolute Gasteiger partial charge is 0.410 e. The van der Waals surface area contributed by atoms with Crippen LogP contribution in [0.1, 0.15) is 26.6 Å².